The van der Waals surface area contributed by atoms with Crippen molar-refractivity contribution in [1.82, 2.24) is 0 Å². The quantitative estimate of drug-likeness (QED) is 0.712. The molecular formula is C11H12O2S. The largest absolute Gasteiger partial charge is 0.481 e. The van der Waals surface area contributed by atoms with E-state index in [4.69, 9.17) is 9.90 Å². The van der Waals surface area contributed by atoms with Crippen molar-refractivity contribution >= 4 is 23.8 Å². The topological polar surface area (TPSA) is 37.3 Å². The molecule has 1 heterocycles. The van der Waals surface area contributed by atoms with E-state index in [1.807, 2.05) is 11.8 Å². The molecule has 0 fully saturated rings. The van der Waals surface area contributed by atoms with Crippen LogP contribution in [0.15, 0.2) is 35.2 Å². The number of carboxylic acid groups (broad SMARTS) is 1. The van der Waals surface area contributed by atoms with Gasteiger partial charge in [0, 0.05) is 17.6 Å². The van der Waals surface area contributed by atoms with Crippen LogP contribution in [-0.2, 0) is 4.79 Å². The second-order valence-electron chi connectivity index (χ2n) is 2.77. The van der Waals surface area contributed by atoms with Crippen LogP contribution in [0.5, 0.6) is 0 Å². The van der Waals surface area contributed by atoms with E-state index in [2.05, 4.69) is 36.4 Å². The Morgan fingerprint density at radius 1 is 1.43 bits per heavy atom. The number of benzene rings is 1. The lowest BCUT2D eigenvalue weighted by molar-refractivity contribution is -0.134. The number of aliphatic carboxylic acids is 1. The fourth-order valence-electron chi connectivity index (χ4n) is 1.06. The van der Waals surface area contributed by atoms with Crippen LogP contribution in [0.2, 0.25) is 0 Å². The summed E-state index contributed by atoms with van der Waals surface area (Å²) in [5.74, 6) is 0.289. The van der Waals surface area contributed by atoms with Gasteiger partial charge in [-0.2, -0.15) is 0 Å². The average Bonchev–Trinajstić information content (AvgIpc) is 2.17. The standard InChI is InChI=1S/C9H8S.C2H4O2/c1-2-6-9-8(4-1)5-3-7-10-9;1-2(3)4/h1-6H,7H2;1H3,(H,3,4). The molecule has 0 spiro atoms. The first-order chi connectivity index (χ1) is 6.70. The van der Waals surface area contributed by atoms with Crippen molar-refractivity contribution in [2.75, 3.05) is 5.75 Å². The second-order valence-corrected chi connectivity index (χ2v) is 3.83. The molecule has 14 heavy (non-hydrogen) atoms. The van der Waals surface area contributed by atoms with Gasteiger partial charge in [-0.15, -0.1) is 11.8 Å². The lowest BCUT2D eigenvalue weighted by atomic mass is 10.2. The highest BCUT2D eigenvalue weighted by molar-refractivity contribution is 7.99. The molecule has 0 saturated carbocycles. The third kappa shape index (κ3) is 3.66. The number of carboxylic acids is 1. The summed E-state index contributed by atoms with van der Waals surface area (Å²) in [5, 5.41) is 7.42. The summed E-state index contributed by atoms with van der Waals surface area (Å²) in [6, 6.07) is 8.49. The summed E-state index contributed by atoms with van der Waals surface area (Å²) in [6.07, 6.45) is 4.39. The predicted octanol–water partition coefficient (Wildman–Crippen LogP) is 2.90. The molecule has 3 heteroatoms. The molecule has 1 aromatic rings. The molecule has 0 unspecified atom stereocenters. The van der Waals surface area contributed by atoms with Crippen molar-refractivity contribution in [3.63, 3.8) is 0 Å². The molecule has 0 aromatic heterocycles. The zero-order chi connectivity index (χ0) is 10.4. The van der Waals surface area contributed by atoms with Gasteiger partial charge in [-0.05, 0) is 11.6 Å². The van der Waals surface area contributed by atoms with Crippen molar-refractivity contribution in [2.24, 2.45) is 0 Å². The monoisotopic (exact) mass is 208 g/mol. The third-order valence-corrected chi connectivity index (χ3v) is 2.59. The SMILES string of the molecule is C1=Cc2ccccc2SC1.CC(=O)O. The summed E-state index contributed by atoms with van der Waals surface area (Å²) in [6.45, 7) is 1.08. The summed E-state index contributed by atoms with van der Waals surface area (Å²) in [4.78, 5) is 10.4. The van der Waals surface area contributed by atoms with Gasteiger partial charge in [0.05, 0.1) is 0 Å². The minimum Gasteiger partial charge on any atom is -0.481 e. The van der Waals surface area contributed by atoms with Gasteiger partial charge in [0.2, 0.25) is 0 Å². The van der Waals surface area contributed by atoms with Gasteiger partial charge in [-0.25, -0.2) is 0 Å². The van der Waals surface area contributed by atoms with Gasteiger partial charge >= 0.3 is 0 Å². The van der Waals surface area contributed by atoms with Crippen LogP contribution in [-0.4, -0.2) is 16.8 Å². The van der Waals surface area contributed by atoms with Gasteiger partial charge in [0.25, 0.3) is 5.97 Å². The maximum atomic E-state index is 9.00. The molecule has 1 N–H and O–H groups in total. The lowest BCUT2D eigenvalue weighted by Crippen LogP contribution is -1.84. The smallest absolute Gasteiger partial charge is 0.300 e. The Hall–Kier alpha value is -1.22. The minimum absolute atomic E-state index is 0.833. The Bertz CT molecular complexity index is 341. The molecule has 0 aliphatic carbocycles. The van der Waals surface area contributed by atoms with E-state index >= 15 is 0 Å². The number of hydrogen-bond donors (Lipinski definition) is 1. The van der Waals surface area contributed by atoms with E-state index in [0.29, 0.717) is 0 Å². The van der Waals surface area contributed by atoms with Crippen LogP contribution in [0.25, 0.3) is 6.08 Å². The summed E-state index contributed by atoms with van der Waals surface area (Å²) >= 11 is 1.90. The molecule has 2 nitrogen and oxygen atoms in total. The lowest BCUT2D eigenvalue weighted by Gasteiger charge is -2.07. The summed E-state index contributed by atoms with van der Waals surface area (Å²) in [5.41, 5.74) is 1.36. The number of rotatable bonds is 0. The van der Waals surface area contributed by atoms with Crippen LogP contribution in [0.1, 0.15) is 12.5 Å². The van der Waals surface area contributed by atoms with Crippen molar-refractivity contribution < 1.29 is 9.90 Å². The van der Waals surface area contributed by atoms with E-state index in [0.717, 1.165) is 12.7 Å². The Morgan fingerprint density at radius 3 is 2.71 bits per heavy atom. The van der Waals surface area contributed by atoms with Crippen LogP contribution in [0.4, 0.5) is 0 Å². The molecule has 2 rings (SSSR count). The van der Waals surface area contributed by atoms with E-state index in [-0.39, 0.29) is 0 Å². The predicted molar refractivity (Wildman–Crippen MR) is 59.5 cm³/mol. The first kappa shape index (κ1) is 10.9. The average molecular weight is 208 g/mol. The highest BCUT2D eigenvalue weighted by Gasteiger charge is 2.00. The second kappa shape index (κ2) is 5.50. The van der Waals surface area contributed by atoms with Crippen LogP contribution in [0.3, 0.4) is 0 Å². The van der Waals surface area contributed by atoms with Gasteiger partial charge in [-0.1, -0.05) is 30.4 Å². The number of carbonyl (C=O) groups is 1. The van der Waals surface area contributed by atoms with Gasteiger partial charge in [-0.3, -0.25) is 4.79 Å². The van der Waals surface area contributed by atoms with Crippen LogP contribution >= 0.6 is 11.8 Å². The molecule has 0 radical (unpaired) electrons. The molecule has 1 aromatic carbocycles. The molecule has 1 aliphatic rings. The van der Waals surface area contributed by atoms with Gasteiger partial charge in [0.1, 0.15) is 0 Å². The van der Waals surface area contributed by atoms with Crippen molar-refractivity contribution in [3.8, 4) is 0 Å². The normalized spacial score (nSPS) is 12.4. The van der Waals surface area contributed by atoms with E-state index in [1.54, 1.807) is 0 Å². The zero-order valence-corrected chi connectivity index (χ0v) is 8.75. The van der Waals surface area contributed by atoms with Crippen LogP contribution in [0, 0.1) is 0 Å². The number of hydrogen-bond acceptors (Lipinski definition) is 2. The molecule has 0 bridgehead atoms. The van der Waals surface area contributed by atoms with Crippen molar-refractivity contribution in [2.45, 2.75) is 11.8 Å². The first-order valence-electron chi connectivity index (χ1n) is 4.28. The van der Waals surface area contributed by atoms with E-state index in [9.17, 15) is 0 Å². The molecule has 1 aliphatic heterocycles. The van der Waals surface area contributed by atoms with Crippen LogP contribution < -0.4 is 0 Å². The van der Waals surface area contributed by atoms with Gasteiger partial charge in [0.15, 0.2) is 0 Å². The zero-order valence-electron chi connectivity index (χ0n) is 7.93. The highest BCUT2D eigenvalue weighted by atomic mass is 32.2. The fourth-order valence-corrected chi connectivity index (χ4v) is 1.91. The summed E-state index contributed by atoms with van der Waals surface area (Å²) < 4.78 is 0. The summed E-state index contributed by atoms with van der Waals surface area (Å²) in [7, 11) is 0. The molecule has 0 amide bonds. The fraction of sp³-hybridized carbons (Fsp3) is 0.182. The number of thioether (sulfide) groups is 1. The maximum absolute atomic E-state index is 9.00. The Balaban J connectivity index is 0.000000213. The Labute approximate surface area is 87.6 Å². The Morgan fingerprint density at radius 2 is 2.07 bits per heavy atom. The van der Waals surface area contributed by atoms with E-state index < -0.39 is 5.97 Å². The highest BCUT2D eigenvalue weighted by Crippen LogP contribution is 2.27. The Kier molecular flexibility index (Phi) is 4.26. The molecule has 74 valence electrons. The van der Waals surface area contributed by atoms with Gasteiger partial charge < -0.3 is 5.11 Å². The maximum Gasteiger partial charge on any atom is 0.300 e. The molecular weight excluding hydrogens is 196 g/mol. The molecule has 0 atom stereocenters. The van der Waals surface area contributed by atoms with Crippen molar-refractivity contribution in [3.05, 3.63) is 35.9 Å². The minimum atomic E-state index is -0.833. The molecule has 0 saturated heterocycles. The third-order valence-electron chi connectivity index (χ3n) is 1.55. The van der Waals surface area contributed by atoms with E-state index in [1.165, 1.54) is 10.5 Å². The first-order valence-corrected chi connectivity index (χ1v) is 5.26. The van der Waals surface area contributed by atoms with Crippen molar-refractivity contribution in [1.29, 1.82) is 0 Å². The number of fused-ring (bicyclic) bond motifs is 1.